The van der Waals surface area contributed by atoms with Gasteiger partial charge in [0, 0.05) is 7.11 Å². The Hall–Kier alpha value is -1.62. The molecule has 0 heterocycles. The molecule has 0 amide bonds. The molecule has 0 radical (unpaired) electrons. The van der Waals surface area contributed by atoms with Crippen LogP contribution in [-0.2, 0) is 11.2 Å². The van der Waals surface area contributed by atoms with E-state index < -0.39 is 0 Å². The highest BCUT2D eigenvalue weighted by Crippen LogP contribution is 2.30. The molecule has 0 fully saturated rings. The van der Waals surface area contributed by atoms with Gasteiger partial charge in [0.25, 0.3) is 0 Å². The zero-order valence-electron chi connectivity index (χ0n) is 11.6. The zero-order chi connectivity index (χ0) is 15.2. The zero-order valence-corrected chi connectivity index (χ0v) is 13.2. The quantitative estimate of drug-likeness (QED) is 0.818. The van der Waals surface area contributed by atoms with Crippen LogP contribution in [0.2, 0.25) is 5.02 Å². The number of hydrogen-bond acceptors (Lipinski definition) is 3. The van der Waals surface area contributed by atoms with Crippen molar-refractivity contribution in [2.45, 2.75) is 6.42 Å². The second kappa shape index (κ2) is 7.41. The SMILES string of the molecule is COCCc1ccc(Oc2cccc(Cl)c2C(N)=S)cc1. The van der Waals surface area contributed by atoms with Gasteiger partial charge in [-0.3, -0.25) is 0 Å². The standard InChI is InChI=1S/C16H16ClNO2S/c1-19-10-9-11-5-7-12(8-6-11)20-14-4-2-3-13(17)15(14)16(18)21/h2-8H,9-10H2,1H3,(H2,18,21). The minimum absolute atomic E-state index is 0.215. The van der Waals surface area contributed by atoms with E-state index in [0.717, 1.165) is 6.42 Å². The molecule has 2 aromatic rings. The van der Waals surface area contributed by atoms with Crippen molar-refractivity contribution in [2.24, 2.45) is 5.73 Å². The predicted molar refractivity (Wildman–Crippen MR) is 89.4 cm³/mol. The Bertz CT molecular complexity index is 629. The van der Waals surface area contributed by atoms with Crippen LogP contribution in [0.3, 0.4) is 0 Å². The lowest BCUT2D eigenvalue weighted by Gasteiger charge is -2.12. The van der Waals surface area contributed by atoms with E-state index in [-0.39, 0.29) is 4.99 Å². The molecule has 0 saturated heterocycles. The van der Waals surface area contributed by atoms with Gasteiger partial charge >= 0.3 is 0 Å². The fourth-order valence-corrected chi connectivity index (χ4v) is 2.43. The Morgan fingerprint density at radius 2 is 1.90 bits per heavy atom. The van der Waals surface area contributed by atoms with Crippen molar-refractivity contribution in [3.63, 3.8) is 0 Å². The first-order valence-electron chi connectivity index (χ1n) is 6.46. The van der Waals surface area contributed by atoms with Gasteiger partial charge in [0.05, 0.1) is 17.2 Å². The van der Waals surface area contributed by atoms with Gasteiger partial charge < -0.3 is 15.2 Å². The van der Waals surface area contributed by atoms with Crippen molar-refractivity contribution in [3.8, 4) is 11.5 Å². The molecule has 0 aliphatic carbocycles. The maximum atomic E-state index is 6.11. The van der Waals surface area contributed by atoms with Crippen molar-refractivity contribution in [1.82, 2.24) is 0 Å². The van der Waals surface area contributed by atoms with Crippen molar-refractivity contribution >= 4 is 28.8 Å². The van der Waals surface area contributed by atoms with Crippen molar-refractivity contribution in [2.75, 3.05) is 13.7 Å². The van der Waals surface area contributed by atoms with Crippen molar-refractivity contribution in [3.05, 3.63) is 58.6 Å². The number of methoxy groups -OCH3 is 1. The highest BCUT2D eigenvalue weighted by atomic mass is 35.5. The van der Waals surface area contributed by atoms with E-state index in [0.29, 0.717) is 28.7 Å². The van der Waals surface area contributed by atoms with Crippen molar-refractivity contribution < 1.29 is 9.47 Å². The van der Waals surface area contributed by atoms with Gasteiger partial charge in [-0.2, -0.15) is 0 Å². The molecule has 21 heavy (non-hydrogen) atoms. The van der Waals surface area contributed by atoms with Gasteiger partial charge in [-0.25, -0.2) is 0 Å². The molecule has 0 atom stereocenters. The Morgan fingerprint density at radius 3 is 2.52 bits per heavy atom. The highest BCUT2D eigenvalue weighted by molar-refractivity contribution is 7.80. The van der Waals surface area contributed by atoms with Gasteiger partial charge in [-0.1, -0.05) is 42.0 Å². The molecule has 2 aromatic carbocycles. The summed E-state index contributed by atoms with van der Waals surface area (Å²) in [5.74, 6) is 1.26. The third-order valence-corrected chi connectivity index (χ3v) is 3.49. The summed E-state index contributed by atoms with van der Waals surface area (Å²) in [6, 6.07) is 13.1. The number of rotatable bonds is 6. The smallest absolute Gasteiger partial charge is 0.139 e. The minimum Gasteiger partial charge on any atom is -0.457 e. The van der Waals surface area contributed by atoms with Crippen LogP contribution in [0.4, 0.5) is 0 Å². The number of hydrogen-bond donors (Lipinski definition) is 1. The first kappa shape index (κ1) is 15.8. The molecule has 2 N–H and O–H groups in total. The largest absolute Gasteiger partial charge is 0.457 e. The molecule has 0 aliphatic rings. The van der Waals surface area contributed by atoms with E-state index in [1.165, 1.54) is 5.56 Å². The Kier molecular flexibility index (Phi) is 5.56. The summed E-state index contributed by atoms with van der Waals surface area (Å²) < 4.78 is 10.9. The fraction of sp³-hybridized carbons (Fsp3) is 0.188. The molecular formula is C16H16ClNO2S. The average molecular weight is 322 g/mol. The van der Waals surface area contributed by atoms with Crippen LogP contribution in [0.15, 0.2) is 42.5 Å². The van der Waals surface area contributed by atoms with Crippen LogP contribution in [0.1, 0.15) is 11.1 Å². The number of halogens is 1. The van der Waals surface area contributed by atoms with E-state index >= 15 is 0 Å². The second-order valence-corrected chi connectivity index (χ2v) is 5.31. The van der Waals surface area contributed by atoms with Gasteiger partial charge in [0.15, 0.2) is 0 Å². The third kappa shape index (κ3) is 4.17. The van der Waals surface area contributed by atoms with Crippen molar-refractivity contribution in [1.29, 1.82) is 0 Å². The lowest BCUT2D eigenvalue weighted by atomic mass is 10.1. The summed E-state index contributed by atoms with van der Waals surface area (Å²) in [5.41, 5.74) is 7.44. The molecule has 5 heteroatoms. The number of benzene rings is 2. The Balaban J connectivity index is 2.19. The lowest BCUT2D eigenvalue weighted by molar-refractivity contribution is 0.202. The van der Waals surface area contributed by atoms with Crippen LogP contribution < -0.4 is 10.5 Å². The number of nitrogens with two attached hydrogens (primary N) is 1. The molecule has 0 saturated carbocycles. The maximum Gasteiger partial charge on any atom is 0.139 e. The summed E-state index contributed by atoms with van der Waals surface area (Å²) in [4.78, 5) is 0.215. The predicted octanol–water partition coefficient (Wildman–Crippen LogP) is 3.96. The summed E-state index contributed by atoms with van der Waals surface area (Å²) in [7, 11) is 1.69. The average Bonchev–Trinajstić information content (AvgIpc) is 2.46. The topological polar surface area (TPSA) is 44.5 Å². The Labute approximate surface area is 134 Å². The molecule has 110 valence electrons. The molecule has 0 aliphatic heterocycles. The normalized spacial score (nSPS) is 10.4. The fourth-order valence-electron chi connectivity index (χ4n) is 1.90. The van der Waals surface area contributed by atoms with Crippen LogP contribution >= 0.6 is 23.8 Å². The molecule has 0 bridgehead atoms. The molecule has 0 unspecified atom stereocenters. The van der Waals surface area contributed by atoms with Gasteiger partial charge in [0.1, 0.15) is 16.5 Å². The molecule has 3 nitrogen and oxygen atoms in total. The molecule has 0 spiro atoms. The maximum absolute atomic E-state index is 6.11. The summed E-state index contributed by atoms with van der Waals surface area (Å²) in [6.07, 6.45) is 0.867. The van der Waals surface area contributed by atoms with Gasteiger partial charge in [-0.05, 0) is 36.2 Å². The number of ether oxygens (including phenoxy) is 2. The van der Waals surface area contributed by atoms with E-state index in [9.17, 15) is 0 Å². The van der Waals surface area contributed by atoms with E-state index in [1.807, 2.05) is 24.3 Å². The van der Waals surface area contributed by atoms with Crippen LogP contribution in [-0.4, -0.2) is 18.7 Å². The van der Waals surface area contributed by atoms with Crippen LogP contribution in [0, 0.1) is 0 Å². The first-order chi connectivity index (χ1) is 10.1. The Morgan fingerprint density at radius 1 is 1.19 bits per heavy atom. The summed E-state index contributed by atoms with van der Waals surface area (Å²) in [5, 5.41) is 0.483. The second-order valence-electron chi connectivity index (χ2n) is 4.47. The van der Waals surface area contributed by atoms with E-state index in [1.54, 1.807) is 25.3 Å². The van der Waals surface area contributed by atoms with E-state index in [4.69, 9.17) is 39.0 Å². The molecular weight excluding hydrogens is 306 g/mol. The van der Waals surface area contributed by atoms with Crippen LogP contribution in [0.25, 0.3) is 0 Å². The minimum atomic E-state index is 0.215. The highest BCUT2D eigenvalue weighted by Gasteiger charge is 2.11. The van der Waals surface area contributed by atoms with E-state index in [2.05, 4.69) is 0 Å². The lowest BCUT2D eigenvalue weighted by Crippen LogP contribution is -2.11. The third-order valence-electron chi connectivity index (χ3n) is 2.97. The summed E-state index contributed by atoms with van der Waals surface area (Å²) >= 11 is 11.1. The molecule has 2 rings (SSSR count). The van der Waals surface area contributed by atoms with Crippen LogP contribution in [0.5, 0.6) is 11.5 Å². The monoisotopic (exact) mass is 321 g/mol. The summed E-state index contributed by atoms with van der Waals surface area (Å²) in [6.45, 7) is 0.695. The molecule has 0 aromatic heterocycles. The van der Waals surface area contributed by atoms with Gasteiger partial charge in [0.2, 0.25) is 0 Å². The first-order valence-corrected chi connectivity index (χ1v) is 7.24. The van der Waals surface area contributed by atoms with Gasteiger partial charge in [-0.15, -0.1) is 0 Å². The number of thiocarbonyl (C=S) groups is 1.